The van der Waals surface area contributed by atoms with E-state index >= 15 is 0 Å². The monoisotopic (exact) mass is 260 g/mol. The topological polar surface area (TPSA) is 44.8 Å². The normalized spacial score (nSPS) is 17.9. The fourth-order valence-electron chi connectivity index (χ4n) is 1.84. The van der Waals surface area contributed by atoms with Gasteiger partial charge in [0.05, 0.1) is 13.2 Å². The van der Waals surface area contributed by atoms with Crippen LogP contribution in [0.15, 0.2) is 23.8 Å². The highest BCUT2D eigenvalue weighted by Gasteiger charge is 2.38. The maximum Gasteiger partial charge on any atom is 0.363 e. The van der Waals surface area contributed by atoms with Crippen LogP contribution in [0.25, 0.3) is 0 Å². The number of ether oxygens (including phenoxy) is 1. The summed E-state index contributed by atoms with van der Waals surface area (Å²) in [4.78, 5) is 0. The van der Waals surface area contributed by atoms with E-state index < -0.39 is 13.4 Å². The van der Waals surface area contributed by atoms with E-state index in [0.29, 0.717) is 13.2 Å². The van der Waals surface area contributed by atoms with Gasteiger partial charge in [0.15, 0.2) is 5.85 Å². The first kappa shape index (κ1) is 14.7. The summed E-state index contributed by atoms with van der Waals surface area (Å²) in [6.45, 7) is 4.29. The van der Waals surface area contributed by atoms with E-state index in [4.69, 9.17) is 13.8 Å². The average Bonchev–Trinajstić information content (AvgIpc) is 2.31. The summed E-state index contributed by atoms with van der Waals surface area (Å²) in [5, 5.41) is 0. The molecular formula is C12H21O4P. The minimum Gasteiger partial charge on any atom is -0.364 e. The summed E-state index contributed by atoms with van der Waals surface area (Å²) in [5.41, 5.74) is 0.972. The van der Waals surface area contributed by atoms with Crippen LogP contribution in [0.3, 0.4) is 0 Å². The van der Waals surface area contributed by atoms with E-state index in [0.717, 1.165) is 18.4 Å². The summed E-state index contributed by atoms with van der Waals surface area (Å²) in [5.74, 6) is -0.590. The van der Waals surface area contributed by atoms with Crippen LogP contribution in [-0.4, -0.2) is 26.2 Å². The molecule has 0 aliphatic heterocycles. The Labute approximate surface area is 103 Å². The van der Waals surface area contributed by atoms with Crippen LogP contribution in [0.5, 0.6) is 0 Å². The Kier molecular flexibility index (Phi) is 6.14. The van der Waals surface area contributed by atoms with Crippen molar-refractivity contribution in [1.82, 2.24) is 0 Å². The lowest BCUT2D eigenvalue weighted by atomic mass is 10.1. The molecule has 0 heterocycles. The molecule has 0 bridgehead atoms. The Hall–Kier alpha value is -0.410. The van der Waals surface area contributed by atoms with Crippen LogP contribution in [0.4, 0.5) is 0 Å². The van der Waals surface area contributed by atoms with Crippen LogP contribution < -0.4 is 0 Å². The highest BCUT2D eigenvalue weighted by Crippen LogP contribution is 2.56. The van der Waals surface area contributed by atoms with E-state index in [2.05, 4.69) is 6.08 Å². The molecule has 0 saturated carbocycles. The molecule has 0 N–H and O–H groups in total. The van der Waals surface area contributed by atoms with Gasteiger partial charge in [-0.2, -0.15) is 0 Å². The van der Waals surface area contributed by atoms with Gasteiger partial charge in [-0.3, -0.25) is 4.57 Å². The minimum absolute atomic E-state index is 0.347. The molecule has 1 unspecified atom stereocenters. The van der Waals surface area contributed by atoms with Crippen molar-refractivity contribution in [1.29, 1.82) is 0 Å². The Bertz CT molecular complexity index is 325. The first-order valence-electron chi connectivity index (χ1n) is 5.95. The van der Waals surface area contributed by atoms with E-state index in [9.17, 15) is 4.57 Å². The Morgan fingerprint density at radius 3 is 2.41 bits per heavy atom. The Morgan fingerprint density at radius 1 is 1.35 bits per heavy atom. The summed E-state index contributed by atoms with van der Waals surface area (Å²) >= 11 is 0. The van der Waals surface area contributed by atoms with E-state index in [1.54, 1.807) is 13.8 Å². The predicted octanol–water partition coefficient (Wildman–Crippen LogP) is 3.50. The zero-order valence-corrected chi connectivity index (χ0v) is 11.6. The molecular weight excluding hydrogens is 239 g/mol. The SMILES string of the molecule is CCOP(=O)(OCC)C(OC)C1=CC=CCC1. The molecule has 1 aliphatic carbocycles. The summed E-state index contributed by atoms with van der Waals surface area (Å²) in [6, 6.07) is 0. The van der Waals surface area contributed by atoms with Gasteiger partial charge < -0.3 is 13.8 Å². The third kappa shape index (κ3) is 3.78. The first-order chi connectivity index (χ1) is 8.18. The zero-order chi connectivity index (χ0) is 12.7. The van der Waals surface area contributed by atoms with Crippen LogP contribution in [-0.2, 0) is 18.3 Å². The molecule has 0 amide bonds. The maximum absolute atomic E-state index is 12.6. The summed E-state index contributed by atoms with van der Waals surface area (Å²) in [7, 11) is -1.69. The minimum atomic E-state index is -3.22. The number of hydrogen-bond donors (Lipinski definition) is 0. The smallest absolute Gasteiger partial charge is 0.363 e. The second kappa shape index (κ2) is 7.12. The fourth-order valence-corrected chi connectivity index (χ4v) is 3.79. The van der Waals surface area contributed by atoms with Crippen molar-refractivity contribution in [3.05, 3.63) is 23.8 Å². The first-order valence-corrected chi connectivity index (χ1v) is 7.56. The largest absolute Gasteiger partial charge is 0.364 e. The number of methoxy groups -OCH3 is 1. The maximum atomic E-state index is 12.6. The molecule has 1 atom stereocenters. The van der Waals surface area contributed by atoms with Gasteiger partial charge in [0, 0.05) is 7.11 Å². The molecule has 4 nitrogen and oxygen atoms in total. The predicted molar refractivity (Wildman–Crippen MR) is 68.1 cm³/mol. The molecule has 0 aromatic heterocycles. The molecule has 5 heteroatoms. The van der Waals surface area contributed by atoms with Crippen molar-refractivity contribution in [3.63, 3.8) is 0 Å². The molecule has 0 saturated heterocycles. The number of allylic oxidation sites excluding steroid dienone is 3. The zero-order valence-electron chi connectivity index (χ0n) is 10.7. The fraction of sp³-hybridized carbons (Fsp3) is 0.667. The van der Waals surface area contributed by atoms with Crippen LogP contribution in [0, 0.1) is 0 Å². The molecule has 98 valence electrons. The molecule has 0 aromatic rings. The van der Waals surface area contributed by atoms with E-state index in [1.165, 1.54) is 7.11 Å². The molecule has 0 spiro atoms. The van der Waals surface area contributed by atoms with Crippen molar-refractivity contribution in [2.24, 2.45) is 0 Å². The van der Waals surface area contributed by atoms with Crippen LogP contribution in [0.1, 0.15) is 26.7 Å². The summed E-state index contributed by atoms with van der Waals surface area (Å²) < 4.78 is 28.6. The lowest BCUT2D eigenvalue weighted by Crippen LogP contribution is -2.19. The highest BCUT2D eigenvalue weighted by molar-refractivity contribution is 7.54. The third-order valence-electron chi connectivity index (χ3n) is 2.49. The van der Waals surface area contributed by atoms with E-state index in [-0.39, 0.29) is 0 Å². The standard InChI is InChI=1S/C12H21O4P/c1-4-15-17(13,16-5-2)12(14-3)11-9-7-6-8-10-11/h6-7,9,12H,4-5,8,10H2,1-3H3. The lowest BCUT2D eigenvalue weighted by Gasteiger charge is -2.27. The van der Waals surface area contributed by atoms with Gasteiger partial charge in [0.2, 0.25) is 0 Å². The molecule has 1 aliphatic rings. The second-order valence-corrected chi connectivity index (χ2v) is 5.74. The number of hydrogen-bond acceptors (Lipinski definition) is 4. The third-order valence-corrected chi connectivity index (χ3v) is 4.84. The van der Waals surface area contributed by atoms with E-state index in [1.807, 2.05) is 12.2 Å². The van der Waals surface area contributed by atoms with Crippen molar-refractivity contribution >= 4 is 7.60 Å². The molecule has 17 heavy (non-hydrogen) atoms. The lowest BCUT2D eigenvalue weighted by molar-refractivity contribution is 0.126. The van der Waals surface area contributed by atoms with Gasteiger partial charge in [0.25, 0.3) is 0 Å². The second-order valence-electron chi connectivity index (χ2n) is 3.67. The summed E-state index contributed by atoms with van der Waals surface area (Å²) in [6.07, 6.45) is 7.72. The van der Waals surface area contributed by atoms with Gasteiger partial charge >= 0.3 is 7.60 Å². The van der Waals surface area contributed by atoms with Gasteiger partial charge in [-0.1, -0.05) is 18.2 Å². The van der Waals surface area contributed by atoms with Crippen molar-refractivity contribution in [2.45, 2.75) is 32.5 Å². The molecule has 0 fully saturated rings. The van der Waals surface area contributed by atoms with Crippen molar-refractivity contribution < 1.29 is 18.3 Å². The quantitative estimate of drug-likeness (QED) is 0.657. The molecule has 0 aromatic carbocycles. The Morgan fingerprint density at radius 2 is 2.00 bits per heavy atom. The van der Waals surface area contributed by atoms with Gasteiger partial charge in [-0.15, -0.1) is 0 Å². The van der Waals surface area contributed by atoms with Gasteiger partial charge in [-0.05, 0) is 32.3 Å². The van der Waals surface area contributed by atoms with Gasteiger partial charge in [0.1, 0.15) is 0 Å². The molecule has 0 radical (unpaired) electrons. The average molecular weight is 260 g/mol. The molecule has 1 rings (SSSR count). The number of rotatable bonds is 7. The van der Waals surface area contributed by atoms with Crippen molar-refractivity contribution in [3.8, 4) is 0 Å². The van der Waals surface area contributed by atoms with Crippen molar-refractivity contribution in [2.75, 3.05) is 20.3 Å². The van der Waals surface area contributed by atoms with Crippen LogP contribution in [0.2, 0.25) is 0 Å². The Balaban J connectivity index is 2.92. The van der Waals surface area contributed by atoms with Crippen LogP contribution >= 0.6 is 7.60 Å². The highest BCUT2D eigenvalue weighted by atomic mass is 31.2. The van der Waals surface area contributed by atoms with Gasteiger partial charge in [-0.25, -0.2) is 0 Å².